The number of nitrogens with zero attached hydrogens (tertiary/aromatic N) is 1. The minimum atomic E-state index is 0.409. The van der Waals surface area contributed by atoms with Gasteiger partial charge in [-0.25, -0.2) is 4.98 Å². The minimum Gasteiger partial charge on any atom is -0.497 e. The third kappa shape index (κ3) is 4.11. The zero-order chi connectivity index (χ0) is 16.1. The number of fused-ring (bicyclic) bond motifs is 1. The molecule has 0 fully saturated rings. The van der Waals surface area contributed by atoms with Crippen LogP contribution in [0, 0.1) is 0 Å². The van der Waals surface area contributed by atoms with Crippen molar-refractivity contribution >= 4 is 11.0 Å². The van der Waals surface area contributed by atoms with Gasteiger partial charge in [-0.05, 0) is 43.2 Å². The van der Waals surface area contributed by atoms with E-state index in [2.05, 4.69) is 40.4 Å². The maximum absolute atomic E-state index is 5.27. The first-order chi connectivity index (χ1) is 11.2. The fraction of sp³-hybridized carbons (Fsp3) is 0.316. The average Bonchev–Trinajstić information content (AvgIpc) is 2.97. The van der Waals surface area contributed by atoms with Crippen LogP contribution in [0.3, 0.4) is 0 Å². The number of aromatic amines is 1. The van der Waals surface area contributed by atoms with Crippen molar-refractivity contribution < 1.29 is 4.74 Å². The Kier molecular flexibility index (Phi) is 4.93. The Morgan fingerprint density at radius 1 is 1.17 bits per heavy atom. The van der Waals surface area contributed by atoms with Crippen molar-refractivity contribution in [3.8, 4) is 5.75 Å². The molecule has 0 aliphatic rings. The average molecular weight is 309 g/mol. The van der Waals surface area contributed by atoms with Gasteiger partial charge in [0.25, 0.3) is 0 Å². The molecule has 0 bridgehead atoms. The summed E-state index contributed by atoms with van der Waals surface area (Å²) in [6.45, 7) is 3.11. The predicted octanol–water partition coefficient (Wildman–Crippen LogP) is 3.33. The molecule has 23 heavy (non-hydrogen) atoms. The summed E-state index contributed by atoms with van der Waals surface area (Å²) < 4.78 is 5.27. The van der Waals surface area contributed by atoms with Crippen LogP contribution in [-0.2, 0) is 12.8 Å². The van der Waals surface area contributed by atoms with Crippen molar-refractivity contribution in [3.63, 3.8) is 0 Å². The smallest absolute Gasteiger partial charge is 0.119 e. The maximum atomic E-state index is 5.27. The van der Waals surface area contributed by atoms with Crippen molar-refractivity contribution in [2.75, 3.05) is 13.7 Å². The molecule has 2 N–H and O–H groups in total. The third-order valence-corrected chi connectivity index (χ3v) is 3.97. The van der Waals surface area contributed by atoms with E-state index in [4.69, 9.17) is 4.74 Å². The molecule has 3 rings (SSSR count). The lowest BCUT2D eigenvalue weighted by molar-refractivity contribution is 0.414. The van der Waals surface area contributed by atoms with Gasteiger partial charge in [0, 0.05) is 19.0 Å². The summed E-state index contributed by atoms with van der Waals surface area (Å²) in [6, 6.07) is 16.8. The molecule has 4 nitrogen and oxygen atoms in total. The summed E-state index contributed by atoms with van der Waals surface area (Å²) in [7, 11) is 1.70. The summed E-state index contributed by atoms with van der Waals surface area (Å²) in [6.07, 6.45) is 1.88. The van der Waals surface area contributed by atoms with Gasteiger partial charge in [0.05, 0.1) is 18.1 Å². The zero-order valence-electron chi connectivity index (χ0n) is 13.7. The summed E-state index contributed by atoms with van der Waals surface area (Å²) in [5, 5.41) is 3.56. The van der Waals surface area contributed by atoms with E-state index < -0.39 is 0 Å². The first kappa shape index (κ1) is 15.6. The van der Waals surface area contributed by atoms with Gasteiger partial charge in [0.1, 0.15) is 11.6 Å². The van der Waals surface area contributed by atoms with Gasteiger partial charge >= 0.3 is 0 Å². The fourth-order valence-electron chi connectivity index (χ4n) is 2.79. The highest BCUT2D eigenvalue weighted by Gasteiger charge is 2.06. The number of rotatable bonds is 7. The second-order valence-electron chi connectivity index (χ2n) is 5.86. The number of ether oxygens (including phenoxy) is 1. The maximum Gasteiger partial charge on any atom is 0.119 e. The van der Waals surface area contributed by atoms with Gasteiger partial charge < -0.3 is 15.0 Å². The van der Waals surface area contributed by atoms with Crippen LogP contribution in [0.5, 0.6) is 5.75 Å². The Morgan fingerprint density at radius 2 is 2.04 bits per heavy atom. The SMILES string of the molecule is COc1cccc(CC(C)NCCc2nc3ccccc3[nH]2)c1. The van der Waals surface area contributed by atoms with Crippen LogP contribution in [0.15, 0.2) is 48.5 Å². The number of aromatic nitrogens is 2. The van der Waals surface area contributed by atoms with E-state index in [1.165, 1.54) is 5.56 Å². The molecule has 0 spiro atoms. The van der Waals surface area contributed by atoms with E-state index >= 15 is 0 Å². The quantitative estimate of drug-likeness (QED) is 0.704. The number of nitrogens with one attached hydrogen (secondary N) is 2. The van der Waals surface area contributed by atoms with Gasteiger partial charge in [0.2, 0.25) is 0 Å². The molecule has 4 heteroatoms. The Balaban J connectivity index is 1.49. The second kappa shape index (κ2) is 7.29. The van der Waals surface area contributed by atoms with Crippen molar-refractivity contribution in [3.05, 3.63) is 59.9 Å². The van der Waals surface area contributed by atoms with Gasteiger partial charge in [-0.15, -0.1) is 0 Å². The summed E-state index contributed by atoms with van der Waals surface area (Å²) in [4.78, 5) is 7.97. The molecule has 3 aromatic rings. The van der Waals surface area contributed by atoms with Gasteiger partial charge in [-0.3, -0.25) is 0 Å². The lowest BCUT2D eigenvalue weighted by Crippen LogP contribution is -2.30. The molecule has 0 radical (unpaired) electrons. The van der Waals surface area contributed by atoms with Crippen LogP contribution in [0.25, 0.3) is 11.0 Å². The van der Waals surface area contributed by atoms with Crippen LogP contribution < -0.4 is 10.1 Å². The predicted molar refractivity (Wildman–Crippen MR) is 94.0 cm³/mol. The molecule has 2 aromatic carbocycles. The molecule has 1 aromatic heterocycles. The standard InChI is InChI=1S/C19H23N3O/c1-14(12-15-6-5-7-16(13-15)23-2)20-11-10-19-21-17-8-3-4-9-18(17)22-19/h3-9,13-14,20H,10-12H2,1-2H3,(H,21,22). The monoisotopic (exact) mass is 309 g/mol. The highest BCUT2D eigenvalue weighted by molar-refractivity contribution is 5.74. The number of methoxy groups -OCH3 is 1. The lowest BCUT2D eigenvalue weighted by Gasteiger charge is -2.14. The van der Waals surface area contributed by atoms with Crippen LogP contribution in [-0.4, -0.2) is 29.7 Å². The van der Waals surface area contributed by atoms with Crippen molar-refractivity contribution in [2.24, 2.45) is 0 Å². The van der Waals surface area contributed by atoms with Crippen LogP contribution >= 0.6 is 0 Å². The van der Waals surface area contributed by atoms with Crippen LogP contribution in [0.1, 0.15) is 18.3 Å². The molecule has 0 aliphatic carbocycles. The molecule has 0 saturated heterocycles. The Hall–Kier alpha value is -2.33. The van der Waals surface area contributed by atoms with Gasteiger partial charge in [-0.1, -0.05) is 24.3 Å². The Labute approximate surface area is 136 Å². The largest absolute Gasteiger partial charge is 0.497 e. The van der Waals surface area contributed by atoms with Gasteiger partial charge in [-0.2, -0.15) is 0 Å². The minimum absolute atomic E-state index is 0.409. The van der Waals surface area contributed by atoms with Gasteiger partial charge in [0.15, 0.2) is 0 Å². The number of H-pyrrole nitrogens is 1. The van der Waals surface area contributed by atoms with E-state index in [1.54, 1.807) is 7.11 Å². The summed E-state index contributed by atoms with van der Waals surface area (Å²) in [5.41, 5.74) is 3.42. The van der Waals surface area contributed by atoms with Crippen molar-refractivity contribution in [1.82, 2.24) is 15.3 Å². The lowest BCUT2D eigenvalue weighted by atomic mass is 10.1. The molecule has 1 atom stereocenters. The molecular weight excluding hydrogens is 286 g/mol. The molecule has 1 unspecified atom stereocenters. The highest BCUT2D eigenvalue weighted by atomic mass is 16.5. The number of hydrogen-bond donors (Lipinski definition) is 2. The number of para-hydroxylation sites is 2. The Morgan fingerprint density at radius 3 is 2.87 bits per heavy atom. The van der Waals surface area contributed by atoms with E-state index in [1.807, 2.05) is 30.3 Å². The molecule has 0 amide bonds. The molecule has 1 heterocycles. The summed E-state index contributed by atoms with van der Waals surface area (Å²) >= 11 is 0. The molecule has 0 saturated carbocycles. The normalized spacial score (nSPS) is 12.4. The third-order valence-electron chi connectivity index (χ3n) is 3.97. The van der Waals surface area contributed by atoms with E-state index in [0.717, 1.165) is 42.0 Å². The van der Waals surface area contributed by atoms with Crippen molar-refractivity contribution in [2.45, 2.75) is 25.8 Å². The molecule has 120 valence electrons. The molecule has 0 aliphatic heterocycles. The van der Waals surface area contributed by atoms with E-state index in [-0.39, 0.29) is 0 Å². The molecular formula is C19H23N3O. The number of benzene rings is 2. The summed E-state index contributed by atoms with van der Waals surface area (Å²) in [5.74, 6) is 1.95. The highest BCUT2D eigenvalue weighted by Crippen LogP contribution is 2.14. The van der Waals surface area contributed by atoms with Crippen molar-refractivity contribution in [1.29, 1.82) is 0 Å². The number of imidazole rings is 1. The van der Waals surface area contributed by atoms with Crippen LogP contribution in [0.2, 0.25) is 0 Å². The topological polar surface area (TPSA) is 49.9 Å². The van der Waals surface area contributed by atoms with E-state index in [0.29, 0.717) is 6.04 Å². The van der Waals surface area contributed by atoms with E-state index in [9.17, 15) is 0 Å². The first-order valence-electron chi connectivity index (χ1n) is 8.04. The number of hydrogen-bond acceptors (Lipinski definition) is 3. The second-order valence-corrected chi connectivity index (χ2v) is 5.86. The first-order valence-corrected chi connectivity index (χ1v) is 8.04. The fourth-order valence-corrected chi connectivity index (χ4v) is 2.79. The van der Waals surface area contributed by atoms with Crippen LogP contribution in [0.4, 0.5) is 0 Å². The zero-order valence-corrected chi connectivity index (χ0v) is 13.7. The Bertz CT molecular complexity index is 733.